The summed E-state index contributed by atoms with van der Waals surface area (Å²) < 4.78 is 37.1. The number of alkyl halides is 3. The van der Waals surface area contributed by atoms with Gasteiger partial charge in [-0.2, -0.15) is 13.2 Å². The van der Waals surface area contributed by atoms with Crippen LogP contribution in [0.2, 0.25) is 0 Å². The summed E-state index contributed by atoms with van der Waals surface area (Å²) in [5.74, 6) is 0.318. The number of nitrogens with zero attached hydrogens (tertiary/aromatic N) is 3. The monoisotopic (exact) mass is 451 g/mol. The first-order chi connectivity index (χ1) is 10.2. The minimum atomic E-state index is -4.17. The largest absolute Gasteiger partial charge is 0.401 e. The maximum absolute atomic E-state index is 12.4. The van der Waals surface area contributed by atoms with Gasteiger partial charge >= 0.3 is 6.18 Å². The molecule has 0 aliphatic carbocycles. The average molecular weight is 451 g/mol. The fourth-order valence-corrected chi connectivity index (χ4v) is 2.15. The Kier molecular flexibility index (Phi) is 9.82. The van der Waals surface area contributed by atoms with E-state index in [4.69, 9.17) is 0 Å². The highest BCUT2D eigenvalue weighted by Crippen LogP contribution is 2.19. The third kappa shape index (κ3) is 9.18. The number of amides is 1. The van der Waals surface area contributed by atoms with Gasteiger partial charge in [0.15, 0.2) is 5.96 Å². The Morgan fingerprint density at radius 1 is 1.39 bits per heavy atom. The number of likely N-dealkylation sites (N-methyl/N-ethyl adjacent to an activating group) is 1. The smallest absolute Gasteiger partial charge is 0.357 e. The standard InChI is InChI=1S/C13H24F3N5O.HI/c1-4-17-12(18-7-11(22)20(2)3)19-10-5-6-21(8-10)9-13(14,15)16;/h10H,4-9H2,1-3H3,(H2,17,18,19);1H. The molecule has 23 heavy (non-hydrogen) atoms. The van der Waals surface area contributed by atoms with Crippen LogP contribution in [0, 0.1) is 0 Å². The van der Waals surface area contributed by atoms with Gasteiger partial charge in [-0.15, -0.1) is 24.0 Å². The molecule has 0 bridgehead atoms. The Bertz CT molecular complexity index is 404. The van der Waals surface area contributed by atoms with Crippen molar-refractivity contribution in [2.24, 2.45) is 4.99 Å². The fourth-order valence-electron chi connectivity index (χ4n) is 2.15. The van der Waals surface area contributed by atoms with Gasteiger partial charge in [0, 0.05) is 39.8 Å². The van der Waals surface area contributed by atoms with Crippen molar-refractivity contribution in [2.45, 2.75) is 25.6 Å². The molecule has 1 saturated heterocycles. The van der Waals surface area contributed by atoms with Crippen molar-refractivity contribution < 1.29 is 18.0 Å². The van der Waals surface area contributed by atoms with E-state index >= 15 is 0 Å². The van der Waals surface area contributed by atoms with Crippen LogP contribution in [0.4, 0.5) is 13.2 Å². The second kappa shape index (κ2) is 10.2. The van der Waals surface area contributed by atoms with Crippen LogP contribution in [0.3, 0.4) is 0 Å². The van der Waals surface area contributed by atoms with Crippen LogP contribution in [0.15, 0.2) is 4.99 Å². The number of halogens is 4. The van der Waals surface area contributed by atoms with Crippen LogP contribution in [-0.4, -0.2) is 80.7 Å². The van der Waals surface area contributed by atoms with E-state index in [2.05, 4.69) is 15.6 Å². The normalized spacial score (nSPS) is 19.2. The lowest BCUT2D eigenvalue weighted by molar-refractivity contribution is -0.143. The van der Waals surface area contributed by atoms with Crippen molar-refractivity contribution >= 4 is 35.8 Å². The van der Waals surface area contributed by atoms with Gasteiger partial charge in [0.2, 0.25) is 5.91 Å². The SMILES string of the molecule is CCNC(=NCC(=O)N(C)C)NC1CCN(CC(F)(F)F)C1.I. The zero-order valence-electron chi connectivity index (χ0n) is 13.6. The Balaban J connectivity index is 0.00000484. The molecular weight excluding hydrogens is 426 g/mol. The molecule has 0 aromatic rings. The molecule has 0 aromatic carbocycles. The molecule has 1 rings (SSSR count). The van der Waals surface area contributed by atoms with Gasteiger partial charge in [-0.1, -0.05) is 0 Å². The molecule has 1 amide bonds. The molecule has 0 radical (unpaired) electrons. The molecule has 0 spiro atoms. The molecule has 1 unspecified atom stereocenters. The summed E-state index contributed by atoms with van der Waals surface area (Å²) in [6.07, 6.45) is -3.56. The van der Waals surface area contributed by atoms with E-state index in [1.807, 2.05) is 6.92 Å². The molecule has 0 aromatic heterocycles. The van der Waals surface area contributed by atoms with E-state index in [1.165, 1.54) is 9.80 Å². The maximum Gasteiger partial charge on any atom is 0.401 e. The molecule has 1 fully saturated rings. The van der Waals surface area contributed by atoms with Gasteiger partial charge in [0.05, 0.1) is 6.54 Å². The lowest BCUT2D eigenvalue weighted by atomic mass is 10.3. The predicted molar refractivity (Wildman–Crippen MR) is 94.1 cm³/mol. The number of nitrogens with one attached hydrogen (secondary N) is 2. The van der Waals surface area contributed by atoms with Crippen molar-refractivity contribution in [2.75, 3.05) is 46.8 Å². The Labute approximate surface area is 151 Å². The topological polar surface area (TPSA) is 60.0 Å². The zero-order chi connectivity index (χ0) is 16.8. The minimum Gasteiger partial charge on any atom is -0.357 e. The average Bonchev–Trinajstić information content (AvgIpc) is 2.80. The van der Waals surface area contributed by atoms with Crippen LogP contribution >= 0.6 is 24.0 Å². The van der Waals surface area contributed by atoms with Gasteiger partial charge in [-0.3, -0.25) is 9.69 Å². The van der Waals surface area contributed by atoms with Gasteiger partial charge in [-0.25, -0.2) is 4.99 Å². The minimum absolute atomic E-state index is 0. The number of guanidine groups is 1. The van der Waals surface area contributed by atoms with E-state index in [9.17, 15) is 18.0 Å². The number of hydrogen-bond acceptors (Lipinski definition) is 3. The molecule has 136 valence electrons. The number of likely N-dealkylation sites (tertiary alicyclic amines) is 1. The Hall–Kier alpha value is -0.780. The van der Waals surface area contributed by atoms with Crippen LogP contribution in [0.1, 0.15) is 13.3 Å². The molecule has 10 heteroatoms. The summed E-state index contributed by atoms with van der Waals surface area (Å²) in [6, 6.07) is -0.102. The van der Waals surface area contributed by atoms with Crippen LogP contribution < -0.4 is 10.6 Å². The van der Waals surface area contributed by atoms with Crippen LogP contribution in [0.25, 0.3) is 0 Å². The number of rotatable bonds is 5. The van der Waals surface area contributed by atoms with Crippen molar-refractivity contribution in [3.05, 3.63) is 0 Å². The number of aliphatic imine (C=N–C) groups is 1. The third-order valence-corrected chi connectivity index (χ3v) is 3.23. The lowest BCUT2D eigenvalue weighted by Gasteiger charge is -2.20. The first-order valence-corrected chi connectivity index (χ1v) is 7.25. The van der Waals surface area contributed by atoms with Crippen LogP contribution in [-0.2, 0) is 4.79 Å². The molecule has 6 nitrogen and oxygen atoms in total. The highest BCUT2D eigenvalue weighted by molar-refractivity contribution is 14.0. The predicted octanol–water partition coefficient (Wildman–Crippen LogP) is 0.884. The highest BCUT2D eigenvalue weighted by Gasteiger charge is 2.34. The molecule has 1 atom stereocenters. The van der Waals surface area contributed by atoms with Gasteiger partial charge < -0.3 is 15.5 Å². The zero-order valence-corrected chi connectivity index (χ0v) is 15.9. The summed E-state index contributed by atoms with van der Waals surface area (Å²) in [4.78, 5) is 18.5. The summed E-state index contributed by atoms with van der Waals surface area (Å²) in [5, 5.41) is 6.08. The van der Waals surface area contributed by atoms with E-state index in [0.717, 1.165) is 0 Å². The van der Waals surface area contributed by atoms with E-state index in [0.29, 0.717) is 32.0 Å². The van der Waals surface area contributed by atoms with Gasteiger partial charge in [-0.05, 0) is 13.3 Å². The van der Waals surface area contributed by atoms with Crippen LogP contribution in [0.5, 0.6) is 0 Å². The maximum atomic E-state index is 12.4. The van der Waals surface area contributed by atoms with Crippen molar-refractivity contribution in [1.29, 1.82) is 0 Å². The summed E-state index contributed by atoms with van der Waals surface area (Å²) in [6.45, 7) is 2.31. The first-order valence-electron chi connectivity index (χ1n) is 7.25. The first kappa shape index (κ1) is 22.2. The van der Waals surface area contributed by atoms with E-state index < -0.39 is 12.7 Å². The summed E-state index contributed by atoms with van der Waals surface area (Å²) >= 11 is 0. The lowest BCUT2D eigenvalue weighted by Crippen LogP contribution is -2.45. The highest BCUT2D eigenvalue weighted by atomic mass is 127. The molecule has 1 aliphatic heterocycles. The second-order valence-corrected chi connectivity index (χ2v) is 5.46. The summed E-state index contributed by atoms with van der Waals surface area (Å²) in [5.41, 5.74) is 0. The number of hydrogen-bond donors (Lipinski definition) is 2. The number of carbonyl (C=O) groups is 1. The van der Waals surface area contributed by atoms with Crippen molar-refractivity contribution in [3.8, 4) is 0 Å². The quantitative estimate of drug-likeness (QED) is 0.371. The fraction of sp³-hybridized carbons (Fsp3) is 0.846. The van der Waals surface area contributed by atoms with Crippen molar-refractivity contribution in [3.63, 3.8) is 0 Å². The van der Waals surface area contributed by atoms with E-state index in [1.54, 1.807) is 14.1 Å². The van der Waals surface area contributed by atoms with Crippen molar-refractivity contribution in [1.82, 2.24) is 20.4 Å². The van der Waals surface area contributed by atoms with Gasteiger partial charge in [0.25, 0.3) is 0 Å². The molecule has 0 saturated carbocycles. The van der Waals surface area contributed by atoms with E-state index in [-0.39, 0.29) is 42.5 Å². The van der Waals surface area contributed by atoms with Gasteiger partial charge in [0.1, 0.15) is 6.54 Å². The second-order valence-electron chi connectivity index (χ2n) is 5.46. The molecular formula is C13H25F3IN5O. The Morgan fingerprint density at radius 2 is 2.04 bits per heavy atom. The number of carbonyl (C=O) groups excluding carboxylic acids is 1. The molecule has 1 aliphatic rings. The Morgan fingerprint density at radius 3 is 2.57 bits per heavy atom. The molecule has 1 heterocycles. The third-order valence-electron chi connectivity index (χ3n) is 3.23. The summed E-state index contributed by atoms with van der Waals surface area (Å²) in [7, 11) is 3.29. The molecule has 2 N–H and O–H groups in total.